The minimum atomic E-state index is 0.421. The van der Waals surface area contributed by atoms with E-state index in [4.69, 9.17) is 0 Å². The number of nitrogens with zero attached hydrogens (tertiary/aromatic N) is 1. The highest BCUT2D eigenvalue weighted by molar-refractivity contribution is 8.02. The molecule has 4 heteroatoms. The van der Waals surface area contributed by atoms with Crippen LogP contribution >= 0.6 is 11.8 Å². The third-order valence-corrected chi connectivity index (χ3v) is 3.76. The average molecular weight is 273 g/mol. The minimum absolute atomic E-state index is 0.421. The second kappa shape index (κ2) is 6.53. The molecule has 1 aromatic heterocycles. The fourth-order valence-corrected chi connectivity index (χ4v) is 2.23. The molecule has 2 rings (SSSR count). The molecule has 1 aromatic rings. The van der Waals surface area contributed by atoms with E-state index in [1.807, 2.05) is 18.3 Å². The van der Waals surface area contributed by atoms with E-state index in [0.717, 1.165) is 23.5 Å². The number of hydrogen-bond acceptors (Lipinski definition) is 4. The lowest BCUT2D eigenvalue weighted by Crippen LogP contribution is -2.15. The molecule has 2 N–H and O–H groups in total. The van der Waals surface area contributed by atoms with Crippen molar-refractivity contribution in [2.45, 2.75) is 38.6 Å². The molecule has 2 heterocycles. The van der Waals surface area contributed by atoms with Crippen LogP contribution in [0.3, 0.4) is 0 Å². The zero-order chi connectivity index (χ0) is 13.7. The Balaban J connectivity index is 1.97. The van der Waals surface area contributed by atoms with E-state index in [1.165, 1.54) is 0 Å². The summed E-state index contributed by atoms with van der Waals surface area (Å²) in [5.41, 5.74) is 1.92. The molecule has 19 heavy (non-hydrogen) atoms. The fourth-order valence-electron chi connectivity index (χ4n) is 1.57. The molecule has 0 aliphatic carbocycles. The van der Waals surface area contributed by atoms with Crippen LogP contribution in [0.1, 0.15) is 32.8 Å². The highest BCUT2D eigenvalue weighted by Gasteiger charge is 2.08. The molecule has 1 unspecified atom stereocenters. The maximum absolute atomic E-state index is 4.37. The van der Waals surface area contributed by atoms with E-state index in [2.05, 4.69) is 53.6 Å². The van der Waals surface area contributed by atoms with Gasteiger partial charge in [0, 0.05) is 23.2 Å². The summed E-state index contributed by atoms with van der Waals surface area (Å²) >= 11 is 1.75. The Morgan fingerprint density at radius 1 is 1.47 bits per heavy atom. The smallest absolute Gasteiger partial charge is 0.126 e. The number of rotatable bonds is 3. The lowest BCUT2D eigenvalue weighted by molar-refractivity contribution is 0.759. The number of anilines is 1. The maximum Gasteiger partial charge on any atom is 0.126 e. The third-order valence-electron chi connectivity index (χ3n) is 2.86. The minimum Gasteiger partial charge on any atom is -0.368 e. The Kier molecular flexibility index (Phi) is 4.75. The van der Waals surface area contributed by atoms with Gasteiger partial charge in [-0.05, 0) is 38.3 Å². The van der Waals surface area contributed by atoms with Gasteiger partial charge in [-0.1, -0.05) is 12.8 Å². The van der Waals surface area contributed by atoms with Crippen LogP contribution in [0.5, 0.6) is 0 Å². The van der Waals surface area contributed by atoms with Gasteiger partial charge in [-0.3, -0.25) is 0 Å². The predicted octanol–water partition coefficient (Wildman–Crippen LogP) is 3.17. The molecule has 0 saturated heterocycles. The highest BCUT2D eigenvalue weighted by atomic mass is 32.2. The van der Waals surface area contributed by atoms with Crippen LogP contribution in [0.25, 0.3) is 0 Å². The first-order chi connectivity index (χ1) is 9.17. The van der Waals surface area contributed by atoms with E-state index < -0.39 is 0 Å². The number of thioether (sulfide) groups is 1. The second-order valence-corrected chi connectivity index (χ2v) is 5.80. The van der Waals surface area contributed by atoms with Gasteiger partial charge >= 0.3 is 0 Å². The van der Waals surface area contributed by atoms with Crippen LogP contribution in [0.15, 0.2) is 29.4 Å². The first kappa shape index (κ1) is 13.8. The van der Waals surface area contributed by atoms with Gasteiger partial charge < -0.3 is 10.6 Å². The Morgan fingerprint density at radius 2 is 2.32 bits per heavy atom. The van der Waals surface area contributed by atoms with Gasteiger partial charge in [-0.25, -0.2) is 4.98 Å². The molecule has 0 aromatic carbocycles. The SMILES string of the molecule is CC[C@H](C)Nc1ccc(C#CC2=CSC(C)N2)cn1. The molecule has 2 atom stereocenters. The normalized spacial score (nSPS) is 18.9. The van der Waals surface area contributed by atoms with Crippen LogP contribution in [0.4, 0.5) is 5.82 Å². The first-order valence-corrected chi connectivity index (χ1v) is 7.48. The summed E-state index contributed by atoms with van der Waals surface area (Å²) < 4.78 is 0. The van der Waals surface area contributed by atoms with Gasteiger partial charge in [-0.2, -0.15) is 0 Å². The van der Waals surface area contributed by atoms with Gasteiger partial charge in [0.05, 0.1) is 11.1 Å². The van der Waals surface area contributed by atoms with Crippen LogP contribution in [-0.4, -0.2) is 16.4 Å². The number of hydrogen-bond donors (Lipinski definition) is 2. The van der Waals surface area contributed by atoms with Crippen LogP contribution in [0, 0.1) is 11.8 Å². The largest absolute Gasteiger partial charge is 0.368 e. The number of nitrogens with one attached hydrogen (secondary N) is 2. The molecular formula is C15H19N3S. The summed E-state index contributed by atoms with van der Waals surface area (Å²) in [5.74, 6) is 7.14. The van der Waals surface area contributed by atoms with Gasteiger partial charge in [0.15, 0.2) is 0 Å². The standard InChI is InChI=1S/C15H19N3S/c1-4-11(2)17-15-8-6-13(9-16-15)5-7-14-10-19-12(3)18-14/h6,8-12,18H,4H2,1-3H3,(H,16,17)/t11-,12?/m0/s1. The van der Waals surface area contributed by atoms with E-state index in [9.17, 15) is 0 Å². The predicted molar refractivity (Wildman–Crippen MR) is 82.8 cm³/mol. The lowest BCUT2D eigenvalue weighted by Gasteiger charge is -2.11. The number of aromatic nitrogens is 1. The molecule has 3 nitrogen and oxygen atoms in total. The van der Waals surface area contributed by atoms with E-state index in [0.29, 0.717) is 11.4 Å². The molecule has 1 aliphatic rings. The van der Waals surface area contributed by atoms with Crippen LogP contribution < -0.4 is 10.6 Å². The van der Waals surface area contributed by atoms with E-state index in [1.54, 1.807) is 11.8 Å². The molecule has 100 valence electrons. The Labute approximate surface area is 119 Å². The molecule has 0 spiro atoms. The van der Waals surface area contributed by atoms with Crippen molar-refractivity contribution < 1.29 is 0 Å². The van der Waals surface area contributed by atoms with Gasteiger partial charge in [0.1, 0.15) is 5.82 Å². The van der Waals surface area contributed by atoms with Gasteiger partial charge in [0.25, 0.3) is 0 Å². The summed E-state index contributed by atoms with van der Waals surface area (Å²) in [6, 6.07) is 4.41. The van der Waals surface area contributed by atoms with Crippen LogP contribution in [-0.2, 0) is 0 Å². The quantitative estimate of drug-likeness (QED) is 0.830. The van der Waals surface area contributed by atoms with Crippen molar-refractivity contribution in [3.63, 3.8) is 0 Å². The molecule has 0 saturated carbocycles. The van der Waals surface area contributed by atoms with Crippen molar-refractivity contribution in [1.29, 1.82) is 0 Å². The molecule has 0 amide bonds. The topological polar surface area (TPSA) is 37.0 Å². The summed E-state index contributed by atoms with van der Waals surface area (Å²) in [6.45, 7) is 6.41. The molecule has 1 aliphatic heterocycles. The summed E-state index contributed by atoms with van der Waals surface area (Å²) in [7, 11) is 0. The second-order valence-electron chi connectivity index (χ2n) is 4.59. The Hall–Kier alpha value is -1.60. The molecule has 0 bridgehead atoms. The Bertz CT molecular complexity index is 510. The van der Waals surface area contributed by atoms with Crippen molar-refractivity contribution in [3.8, 4) is 11.8 Å². The van der Waals surface area contributed by atoms with Crippen molar-refractivity contribution in [1.82, 2.24) is 10.3 Å². The average Bonchev–Trinajstić information content (AvgIpc) is 2.83. The van der Waals surface area contributed by atoms with Crippen molar-refractivity contribution in [3.05, 3.63) is 35.0 Å². The Morgan fingerprint density at radius 3 is 2.89 bits per heavy atom. The summed E-state index contributed by atoms with van der Waals surface area (Å²) in [6.07, 6.45) is 2.89. The van der Waals surface area contributed by atoms with Gasteiger partial charge in [0.2, 0.25) is 0 Å². The number of allylic oxidation sites excluding steroid dienone is 1. The third kappa shape index (κ3) is 4.22. The highest BCUT2D eigenvalue weighted by Crippen LogP contribution is 2.19. The zero-order valence-electron chi connectivity index (χ0n) is 11.5. The van der Waals surface area contributed by atoms with Crippen LogP contribution in [0.2, 0.25) is 0 Å². The van der Waals surface area contributed by atoms with E-state index >= 15 is 0 Å². The van der Waals surface area contributed by atoms with Crippen molar-refractivity contribution in [2.75, 3.05) is 5.32 Å². The van der Waals surface area contributed by atoms with Crippen molar-refractivity contribution in [2.24, 2.45) is 0 Å². The monoisotopic (exact) mass is 273 g/mol. The fraction of sp³-hybridized carbons (Fsp3) is 0.400. The number of pyridine rings is 1. The maximum atomic E-state index is 4.37. The van der Waals surface area contributed by atoms with Crippen molar-refractivity contribution >= 4 is 17.6 Å². The summed E-state index contributed by atoms with van der Waals surface area (Å²) in [4.78, 5) is 4.37. The van der Waals surface area contributed by atoms with E-state index in [-0.39, 0.29) is 0 Å². The lowest BCUT2D eigenvalue weighted by atomic mass is 10.2. The summed E-state index contributed by atoms with van der Waals surface area (Å²) in [5, 5.41) is 9.10. The molecule has 0 radical (unpaired) electrons. The first-order valence-electron chi connectivity index (χ1n) is 6.54. The molecular weight excluding hydrogens is 254 g/mol. The molecule has 0 fully saturated rings. The van der Waals surface area contributed by atoms with Gasteiger partial charge in [-0.15, -0.1) is 11.8 Å². The zero-order valence-corrected chi connectivity index (χ0v) is 12.3.